The first-order valence-electron chi connectivity index (χ1n) is 7.94. The smallest absolute Gasteiger partial charge is 0.310 e. The molecule has 1 atom stereocenters. The SMILES string of the molecule is CCOC(=O)[C@@H]1CCCN(CC(=O)Nc2ccc(C)cc2Cl)C1. The first kappa shape index (κ1) is 17.8. The molecule has 1 saturated heterocycles. The number of hydrogen-bond donors (Lipinski definition) is 1. The average molecular weight is 339 g/mol. The summed E-state index contributed by atoms with van der Waals surface area (Å²) in [6.07, 6.45) is 1.71. The van der Waals surface area contributed by atoms with Gasteiger partial charge in [0.05, 0.1) is 29.8 Å². The lowest BCUT2D eigenvalue weighted by Crippen LogP contribution is -2.43. The van der Waals surface area contributed by atoms with Crippen molar-refractivity contribution in [2.75, 3.05) is 31.6 Å². The van der Waals surface area contributed by atoms with Crippen molar-refractivity contribution in [2.45, 2.75) is 26.7 Å². The van der Waals surface area contributed by atoms with Gasteiger partial charge in [0.15, 0.2) is 0 Å². The summed E-state index contributed by atoms with van der Waals surface area (Å²) in [5.41, 5.74) is 1.66. The summed E-state index contributed by atoms with van der Waals surface area (Å²) in [7, 11) is 0. The van der Waals surface area contributed by atoms with Crippen LogP contribution in [0.4, 0.5) is 5.69 Å². The molecule has 0 saturated carbocycles. The van der Waals surface area contributed by atoms with Crippen molar-refractivity contribution in [1.29, 1.82) is 0 Å². The molecule has 0 spiro atoms. The van der Waals surface area contributed by atoms with Gasteiger partial charge >= 0.3 is 5.97 Å². The Morgan fingerprint density at radius 1 is 1.43 bits per heavy atom. The Morgan fingerprint density at radius 3 is 2.91 bits per heavy atom. The van der Waals surface area contributed by atoms with Crippen molar-refractivity contribution in [3.63, 3.8) is 0 Å². The van der Waals surface area contributed by atoms with Gasteiger partial charge in [-0.05, 0) is 50.9 Å². The number of carbonyl (C=O) groups is 2. The van der Waals surface area contributed by atoms with Crippen LogP contribution >= 0.6 is 11.6 Å². The fraction of sp³-hybridized carbons (Fsp3) is 0.529. The molecule has 1 aromatic carbocycles. The van der Waals surface area contributed by atoms with Crippen LogP contribution < -0.4 is 5.32 Å². The van der Waals surface area contributed by atoms with Gasteiger partial charge in [-0.1, -0.05) is 17.7 Å². The summed E-state index contributed by atoms with van der Waals surface area (Å²) < 4.78 is 5.07. The van der Waals surface area contributed by atoms with Crippen molar-refractivity contribution in [1.82, 2.24) is 4.90 Å². The molecule has 1 aliphatic heterocycles. The van der Waals surface area contributed by atoms with Gasteiger partial charge < -0.3 is 10.1 Å². The van der Waals surface area contributed by atoms with Crippen LogP contribution in [0.25, 0.3) is 0 Å². The number of nitrogens with one attached hydrogen (secondary N) is 1. The van der Waals surface area contributed by atoms with E-state index in [1.165, 1.54) is 0 Å². The number of ether oxygens (including phenoxy) is 1. The molecule has 0 unspecified atom stereocenters. The van der Waals surface area contributed by atoms with Gasteiger partial charge in [-0.25, -0.2) is 0 Å². The zero-order valence-electron chi connectivity index (χ0n) is 13.6. The molecule has 1 amide bonds. The molecule has 2 rings (SSSR count). The lowest BCUT2D eigenvalue weighted by molar-refractivity contribution is -0.150. The Bertz CT molecular complexity index is 577. The quantitative estimate of drug-likeness (QED) is 0.839. The number of rotatable bonds is 5. The van der Waals surface area contributed by atoms with E-state index in [9.17, 15) is 9.59 Å². The van der Waals surface area contributed by atoms with Gasteiger partial charge in [0.25, 0.3) is 0 Å². The molecule has 126 valence electrons. The third-order valence-electron chi connectivity index (χ3n) is 3.89. The molecule has 0 radical (unpaired) electrons. The molecule has 0 aliphatic carbocycles. The Hall–Kier alpha value is -1.59. The molecule has 1 aromatic rings. The van der Waals surface area contributed by atoms with E-state index in [1.54, 1.807) is 13.0 Å². The highest BCUT2D eigenvalue weighted by molar-refractivity contribution is 6.33. The highest BCUT2D eigenvalue weighted by atomic mass is 35.5. The van der Waals surface area contributed by atoms with Crippen molar-refractivity contribution >= 4 is 29.2 Å². The van der Waals surface area contributed by atoms with Crippen molar-refractivity contribution < 1.29 is 14.3 Å². The third-order valence-corrected chi connectivity index (χ3v) is 4.20. The molecular weight excluding hydrogens is 316 g/mol. The average Bonchev–Trinajstić information content (AvgIpc) is 2.50. The molecule has 1 N–H and O–H groups in total. The lowest BCUT2D eigenvalue weighted by Gasteiger charge is -2.30. The second-order valence-corrected chi connectivity index (χ2v) is 6.26. The highest BCUT2D eigenvalue weighted by Gasteiger charge is 2.27. The summed E-state index contributed by atoms with van der Waals surface area (Å²) in [6.45, 7) is 5.76. The highest BCUT2D eigenvalue weighted by Crippen LogP contribution is 2.23. The Labute approximate surface area is 141 Å². The van der Waals surface area contributed by atoms with Crippen LogP contribution in [-0.2, 0) is 14.3 Å². The largest absolute Gasteiger partial charge is 0.466 e. The normalized spacial score (nSPS) is 18.5. The Balaban J connectivity index is 1.88. The van der Waals surface area contributed by atoms with Gasteiger partial charge in [0.2, 0.25) is 5.91 Å². The van der Waals surface area contributed by atoms with E-state index in [4.69, 9.17) is 16.3 Å². The van der Waals surface area contributed by atoms with Gasteiger partial charge in [-0.15, -0.1) is 0 Å². The number of anilines is 1. The molecule has 6 heteroatoms. The van der Waals surface area contributed by atoms with Crippen molar-refractivity contribution in [3.8, 4) is 0 Å². The standard InChI is InChI=1S/C17H23ClN2O3/c1-3-23-17(22)13-5-4-8-20(10-13)11-16(21)19-15-7-6-12(2)9-14(15)18/h6-7,9,13H,3-5,8,10-11H2,1-2H3,(H,19,21)/t13-/m1/s1. The van der Waals surface area contributed by atoms with Crippen LogP contribution in [-0.4, -0.2) is 43.0 Å². The number of halogens is 1. The van der Waals surface area contributed by atoms with Crippen molar-refractivity contribution in [3.05, 3.63) is 28.8 Å². The van der Waals surface area contributed by atoms with E-state index >= 15 is 0 Å². The van der Waals surface area contributed by atoms with Crippen LogP contribution in [0.2, 0.25) is 5.02 Å². The van der Waals surface area contributed by atoms with E-state index in [1.807, 2.05) is 24.0 Å². The number of esters is 1. The van der Waals surface area contributed by atoms with Crippen LogP contribution in [0.5, 0.6) is 0 Å². The summed E-state index contributed by atoms with van der Waals surface area (Å²) in [5, 5.41) is 3.35. The molecule has 0 bridgehead atoms. The lowest BCUT2D eigenvalue weighted by atomic mass is 9.98. The number of nitrogens with zero attached hydrogens (tertiary/aromatic N) is 1. The predicted molar refractivity (Wildman–Crippen MR) is 90.6 cm³/mol. The first-order chi connectivity index (χ1) is 11.0. The number of likely N-dealkylation sites (tertiary alicyclic amines) is 1. The minimum absolute atomic E-state index is 0.125. The molecule has 1 fully saturated rings. The number of piperidine rings is 1. The number of aryl methyl sites for hydroxylation is 1. The zero-order valence-corrected chi connectivity index (χ0v) is 14.4. The number of hydrogen-bond acceptors (Lipinski definition) is 4. The van der Waals surface area contributed by atoms with Crippen LogP contribution in [0.1, 0.15) is 25.3 Å². The maximum Gasteiger partial charge on any atom is 0.310 e. The fourth-order valence-electron chi connectivity index (χ4n) is 2.77. The van der Waals surface area contributed by atoms with Crippen LogP contribution in [0.3, 0.4) is 0 Å². The second kappa shape index (κ2) is 8.31. The number of amides is 1. The summed E-state index contributed by atoms with van der Waals surface area (Å²) in [5.74, 6) is -0.432. The summed E-state index contributed by atoms with van der Waals surface area (Å²) >= 11 is 6.13. The predicted octanol–water partition coefficient (Wildman–Crippen LogP) is 2.86. The minimum Gasteiger partial charge on any atom is -0.466 e. The summed E-state index contributed by atoms with van der Waals surface area (Å²) in [6, 6.07) is 5.52. The Morgan fingerprint density at radius 2 is 2.22 bits per heavy atom. The molecule has 0 aromatic heterocycles. The van der Waals surface area contributed by atoms with Gasteiger partial charge in [-0.2, -0.15) is 0 Å². The third kappa shape index (κ3) is 5.22. The van der Waals surface area contributed by atoms with Crippen LogP contribution in [0.15, 0.2) is 18.2 Å². The Kier molecular flexibility index (Phi) is 6.42. The van der Waals surface area contributed by atoms with Gasteiger partial charge in [0, 0.05) is 6.54 Å². The first-order valence-corrected chi connectivity index (χ1v) is 8.32. The maximum atomic E-state index is 12.2. The fourth-order valence-corrected chi connectivity index (χ4v) is 3.05. The number of carbonyl (C=O) groups excluding carboxylic acids is 2. The van der Waals surface area contributed by atoms with E-state index in [0.717, 1.165) is 24.9 Å². The van der Waals surface area contributed by atoms with E-state index in [-0.39, 0.29) is 24.3 Å². The molecular formula is C17H23ClN2O3. The molecule has 5 nitrogen and oxygen atoms in total. The van der Waals surface area contributed by atoms with E-state index in [0.29, 0.717) is 23.9 Å². The topological polar surface area (TPSA) is 58.6 Å². The molecule has 1 heterocycles. The van der Waals surface area contributed by atoms with Crippen LogP contribution in [0, 0.1) is 12.8 Å². The van der Waals surface area contributed by atoms with E-state index in [2.05, 4.69) is 5.32 Å². The molecule has 23 heavy (non-hydrogen) atoms. The second-order valence-electron chi connectivity index (χ2n) is 5.86. The minimum atomic E-state index is -0.167. The van der Waals surface area contributed by atoms with Gasteiger partial charge in [-0.3, -0.25) is 14.5 Å². The van der Waals surface area contributed by atoms with Crippen molar-refractivity contribution in [2.24, 2.45) is 5.92 Å². The van der Waals surface area contributed by atoms with E-state index < -0.39 is 0 Å². The maximum absolute atomic E-state index is 12.2. The van der Waals surface area contributed by atoms with Gasteiger partial charge in [0.1, 0.15) is 0 Å². The summed E-state index contributed by atoms with van der Waals surface area (Å²) in [4.78, 5) is 26.0. The zero-order chi connectivity index (χ0) is 16.8. The number of benzene rings is 1. The molecule has 1 aliphatic rings. The monoisotopic (exact) mass is 338 g/mol.